The van der Waals surface area contributed by atoms with Crippen LogP contribution >= 0.6 is 0 Å². The third-order valence-corrected chi connectivity index (χ3v) is 8.37. The lowest BCUT2D eigenvalue weighted by Gasteiger charge is -2.25. The maximum absolute atomic E-state index is 6.25. The fourth-order valence-electron chi connectivity index (χ4n) is 5.35. The molecule has 0 amide bonds. The molecule has 0 aliphatic carbocycles. The van der Waals surface area contributed by atoms with E-state index >= 15 is 0 Å². The van der Waals surface area contributed by atoms with Crippen molar-refractivity contribution in [2.45, 2.75) is 20.8 Å². The number of benzene rings is 6. The van der Waals surface area contributed by atoms with Crippen LogP contribution in [-0.4, -0.2) is 32.1 Å². The second-order valence-corrected chi connectivity index (χ2v) is 13.3. The summed E-state index contributed by atoms with van der Waals surface area (Å²) >= 11 is 0. The molecule has 6 rings (SSSR count). The minimum atomic E-state index is -0.243. The molecule has 0 radical (unpaired) electrons. The van der Waals surface area contributed by atoms with Crippen LogP contribution in [0.3, 0.4) is 0 Å². The quantitative estimate of drug-likeness (QED) is 0.114. The third kappa shape index (κ3) is 9.87. The van der Waals surface area contributed by atoms with Gasteiger partial charge in [-0.15, -0.1) is 0 Å². The van der Waals surface area contributed by atoms with Crippen LogP contribution in [0.15, 0.2) is 168 Å². The second kappa shape index (κ2) is 17.0. The van der Waals surface area contributed by atoms with Gasteiger partial charge in [0, 0.05) is 5.41 Å². The minimum Gasteiger partial charge on any atom is -0.497 e. The van der Waals surface area contributed by atoms with E-state index < -0.39 is 0 Å². The van der Waals surface area contributed by atoms with Gasteiger partial charge in [0.2, 0.25) is 0 Å². The van der Waals surface area contributed by atoms with E-state index in [9.17, 15) is 0 Å². The lowest BCUT2D eigenvalue weighted by molar-refractivity contribution is 0.110. The number of ether oxygens (including phenoxy) is 3. The molecular weight excluding hydrogens is 641 g/mol. The smallest absolute Gasteiger partial charge is 0.119 e. The zero-order chi connectivity index (χ0) is 36.2. The van der Waals surface area contributed by atoms with Crippen molar-refractivity contribution in [2.24, 2.45) is 15.4 Å². The molecule has 6 aromatic carbocycles. The number of hydrogen-bond donors (Lipinski definition) is 0. The van der Waals surface area contributed by atoms with Crippen LogP contribution in [-0.2, 0) is 0 Å². The maximum atomic E-state index is 6.25. The van der Waals surface area contributed by atoms with Gasteiger partial charge in [0.25, 0.3) is 0 Å². The van der Waals surface area contributed by atoms with Crippen LogP contribution in [0.2, 0.25) is 0 Å². The number of aryl methyl sites for hydroxylation is 1. The number of methoxy groups -OCH3 is 1. The number of rotatable bonds is 13. The van der Waals surface area contributed by atoms with Crippen molar-refractivity contribution < 1.29 is 14.2 Å². The highest BCUT2D eigenvalue weighted by Gasteiger charge is 2.21. The summed E-state index contributed by atoms with van der Waals surface area (Å²) in [4.78, 5) is 9.27. The Hall–Kier alpha value is -6.38. The van der Waals surface area contributed by atoms with Crippen molar-refractivity contribution >= 4 is 34.3 Å². The molecule has 0 aromatic heterocycles. The molecule has 0 N–H and O–H groups in total. The Morgan fingerprint density at radius 1 is 0.481 bits per heavy atom. The van der Waals surface area contributed by atoms with E-state index in [-0.39, 0.29) is 5.41 Å². The standard InChI is InChI=1S/C47H42N2O3/c1-35-15-21-40(22-16-35)48-31-45(36-11-7-5-8-12-36)38-17-25-43(26-18-38)51-33-47(2,3)34-52-44-27-19-39(20-28-44)46(37-13-9-6-10-14-37)32-49-41-23-29-42(50-4)30-24-41/h5-30H,33-34H2,1-4H3. The molecule has 5 heteroatoms. The first-order valence-corrected chi connectivity index (χ1v) is 17.3. The van der Waals surface area contributed by atoms with E-state index in [1.165, 1.54) is 5.56 Å². The topological polar surface area (TPSA) is 52.4 Å². The van der Waals surface area contributed by atoms with Gasteiger partial charge in [0.15, 0.2) is 0 Å². The molecule has 5 nitrogen and oxygen atoms in total. The van der Waals surface area contributed by atoms with Gasteiger partial charge in [-0.1, -0.05) is 92.2 Å². The van der Waals surface area contributed by atoms with Gasteiger partial charge in [-0.25, -0.2) is 9.98 Å². The maximum Gasteiger partial charge on any atom is 0.119 e. The Labute approximate surface area is 306 Å². The Balaban J connectivity index is 1.10. The van der Waals surface area contributed by atoms with Gasteiger partial charge in [0.1, 0.15) is 17.2 Å². The van der Waals surface area contributed by atoms with Gasteiger partial charge in [0.05, 0.1) is 42.8 Å². The fourth-order valence-corrected chi connectivity index (χ4v) is 5.35. The van der Waals surface area contributed by atoms with Crippen molar-refractivity contribution in [3.05, 3.63) is 186 Å². The summed E-state index contributed by atoms with van der Waals surface area (Å²) in [5, 5.41) is 0. The molecule has 0 saturated carbocycles. The van der Waals surface area contributed by atoms with Crippen molar-refractivity contribution in [3.63, 3.8) is 0 Å². The van der Waals surface area contributed by atoms with E-state index in [0.29, 0.717) is 13.2 Å². The van der Waals surface area contributed by atoms with Gasteiger partial charge < -0.3 is 14.2 Å². The van der Waals surface area contributed by atoms with Crippen LogP contribution < -0.4 is 14.2 Å². The lowest BCUT2D eigenvalue weighted by Crippen LogP contribution is -2.28. The summed E-state index contributed by atoms with van der Waals surface area (Å²) in [5.41, 5.74) is 8.52. The second-order valence-electron chi connectivity index (χ2n) is 13.3. The van der Waals surface area contributed by atoms with Crippen LogP contribution in [0, 0.1) is 12.3 Å². The Morgan fingerprint density at radius 3 is 1.25 bits per heavy atom. The third-order valence-electron chi connectivity index (χ3n) is 8.37. The molecule has 0 bridgehead atoms. The molecule has 0 spiro atoms. The molecule has 0 fully saturated rings. The first-order valence-electron chi connectivity index (χ1n) is 17.3. The Morgan fingerprint density at radius 2 is 0.846 bits per heavy atom. The highest BCUT2D eigenvalue weighted by molar-refractivity contribution is 6.00. The van der Waals surface area contributed by atoms with Gasteiger partial charge in [-0.3, -0.25) is 0 Å². The molecule has 6 aromatic rings. The Bertz CT molecular complexity index is 2180. The molecule has 0 aliphatic rings. The van der Waals surface area contributed by atoms with Crippen molar-refractivity contribution in [2.75, 3.05) is 20.3 Å². The van der Waals surface area contributed by atoms with E-state index in [0.717, 1.165) is 62.0 Å². The number of aliphatic imine (C=N–C) groups is 2. The highest BCUT2D eigenvalue weighted by atomic mass is 16.5. The summed E-state index contributed by atoms with van der Waals surface area (Å²) in [6.07, 6.45) is 0. The summed E-state index contributed by atoms with van der Waals surface area (Å²) in [7, 11) is 1.65. The predicted octanol–water partition coefficient (Wildman–Crippen LogP) is 11.4. The van der Waals surface area contributed by atoms with Crippen molar-refractivity contribution in [1.29, 1.82) is 0 Å². The van der Waals surface area contributed by atoms with E-state index in [4.69, 9.17) is 14.2 Å². The molecule has 0 aliphatic heterocycles. The Kier molecular flexibility index (Phi) is 11.6. The monoisotopic (exact) mass is 682 g/mol. The molecule has 258 valence electrons. The van der Waals surface area contributed by atoms with Crippen LogP contribution in [0.4, 0.5) is 11.4 Å². The van der Waals surface area contributed by atoms with Crippen molar-refractivity contribution in [1.82, 2.24) is 0 Å². The largest absolute Gasteiger partial charge is 0.497 e. The summed E-state index contributed by atoms with van der Waals surface area (Å²) in [6, 6.07) is 52.3. The molecule has 52 heavy (non-hydrogen) atoms. The minimum absolute atomic E-state index is 0.243. The van der Waals surface area contributed by atoms with Crippen LogP contribution in [0.5, 0.6) is 17.2 Å². The molecule has 0 unspecified atom stereocenters. The normalized spacial score (nSPS) is 10.7. The van der Waals surface area contributed by atoms with E-state index in [1.807, 2.05) is 109 Å². The van der Waals surface area contributed by atoms with E-state index in [1.54, 1.807) is 7.11 Å². The average Bonchev–Trinajstić information content (AvgIpc) is 3.19. The first kappa shape index (κ1) is 35.4. The SMILES string of the molecule is COc1ccc(N=C=C(c2ccccc2)c2ccc(OCC(C)(C)COc3ccc(C(=C=Nc4ccc(C)cc4)c4ccccc4)cc3)cc2)cc1. The fraction of sp³-hybridized carbons (Fsp3) is 0.149. The lowest BCUT2D eigenvalue weighted by atomic mass is 9.96. The van der Waals surface area contributed by atoms with Gasteiger partial charge in [-0.2, -0.15) is 0 Å². The number of nitrogens with zero attached hydrogens (tertiary/aromatic N) is 2. The summed E-state index contributed by atoms with van der Waals surface area (Å²) in [5.74, 6) is 8.95. The van der Waals surface area contributed by atoms with E-state index in [2.05, 4.69) is 91.0 Å². The summed E-state index contributed by atoms with van der Waals surface area (Å²) < 4.78 is 17.8. The van der Waals surface area contributed by atoms with Gasteiger partial charge in [-0.05, 0) is 126 Å². The highest BCUT2D eigenvalue weighted by Crippen LogP contribution is 2.28. The zero-order valence-corrected chi connectivity index (χ0v) is 30.0. The van der Waals surface area contributed by atoms with Gasteiger partial charge >= 0.3 is 0 Å². The van der Waals surface area contributed by atoms with Crippen LogP contribution in [0.25, 0.3) is 11.1 Å². The molecule has 0 saturated heterocycles. The molecule has 0 atom stereocenters. The van der Waals surface area contributed by atoms with Crippen LogP contribution in [0.1, 0.15) is 41.7 Å². The first-order chi connectivity index (χ1) is 25.3. The summed E-state index contributed by atoms with van der Waals surface area (Å²) in [6.45, 7) is 7.32. The zero-order valence-electron chi connectivity index (χ0n) is 30.0. The van der Waals surface area contributed by atoms with Crippen molar-refractivity contribution in [3.8, 4) is 17.2 Å². The predicted molar refractivity (Wildman–Crippen MR) is 214 cm³/mol. The number of hydrogen-bond acceptors (Lipinski definition) is 5. The molecular formula is C47H42N2O3. The average molecular weight is 683 g/mol. The molecule has 0 heterocycles.